The fourth-order valence-corrected chi connectivity index (χ4v) is 3.03. The number of aromatic nitrogens is 2. The highest BCUT2D eigenvalue weighted by Gasteiger charge is 2.09. The number of thiazole rings is 1. The molecule has 0 aliphatic heterocycles. The number of rotatable bonds is 6. The maximum atomic E-state index is 12.1. The topological polar surface area (TPSA) is 64.1 Å². The maximum absolute atomic E-state index is 12.1. The predicted molar refractivity (Wildman–Crippen MR) is 93.9 cm³/mol. The summed E-state index contributed by atoms with van der Waals surface area (Å²) in [5.74, 6) is 0.476. The molecule has 1 amide bonds. The van der Waals surface area contributed by atoms with Crippen LogP contribution in [-0.4, -0.2) is 23.0 Å². The van der Waals surface area contributed by atoms with E-state index in [1.807, 2.05) is 41.8 Å². The Hall–Kier alpha value is -2.73. The number of nitrogens with zero attached hydrogens (tertiary/aromatic N) is 2. The summed E-state index contributed by atoms with van der Waals surface area (Å²) in [4.78, 5) is 20.7. The van der Waals surface area contributed by atoms with E-state index >= 15 is 0 Å². The number of carbonyl (C=O) groups is 1. The second kappa shape index (κ2) is 7.70. The van der Waals surface area contributed by atoms with E-state index < -0.39 is 0 Å². The van der Waals surface area contributed by atoms with E-state index in [2.05, 4.69) is 15.3 Å². The molecule has 5 nitrogen and oxygen atoms in total. The third-order valence-corrected chi connectivity index (χ3v) is 4.35. The predicted octanol–water partition coefficient (Wildman–Crippen LogP) is 3.07. The fraction of sp³-hybridized carbons (Fsp3) is 0.167. The highest BCUT2D eigenvalue weighted by molar-refractivity contribution is 7.13. The Balaban J connectivity index is 1.56. The van der Waals surface area contributed by atoms with Gasteiger partial charge in [0.2, 0.25) is 11.8 Å². The van der Waals surface area contributed by atoms with Gasteiger partial charge in [-0.1, -0.05) is 30.3 Å². The third kappa shape index (κ3) is 4.17. The van der Waals surface area contributed by atoms with E-state index in [0.717, 1.165) is 21.8 Å². The standard InChI is InChI=1S/C18H17N3O2S/c1-23-17-9-13(7-8-19-17)11-20-16(22)10-15-12-24-18(21-15)14-5-3-2-4-6-14/h2-9,12H,10-11H2,1H3,(H,20,22). The van der Waals surface area contributed by atoms with Crippen molar-refractivity contribution in [3.63, 3.8) is 0 Å². The maximum Gasteiger partial charge on any atom is 0.226 e. The molecule has 3 aromatic rings. The summed E-state index contributed by atoms with van der Waals surface area (Å²) in [7, 11) is 1.57. The summed E-state index contributed by atoms with van der Waals surface area (Å²) in [6, 6.07) is 13.6. The van der Waals surface area contributed by atoms with Gasteiger partial charge in [0.15, 0.2) is 0 Å². The first kappa shape index (κ1) is 16.1. The van der Waals surface area contributed by atoms with Gasteiger partial charge >= 0.3 is 0 Å². The number of nitrogens with one attached hydrogen (secondary N) is 1. The zero-order valence-electron chi connectivity index (χ0n) is 13.2. The van der Waals surface area contributed by atoms with Crippen LogP contribution in [0, 0.1) is 0 Å². The minimum absolute atomic E-state index is 0.0595. The lowest BCUT2D eigenvalue weighted by Gasteiger charge is -2.05. The van der Waals surface area contributed by atoms with Crippen LogP contribution >= 0.6 is 11.3 Å². The van der Waals surface area contributed by atoms with Crippen molar-refractivity contribution in [2.75, 3.05) is 7.11 Å². The number of methoxy groups -OCH3 is 1. The molecule has 0 saturated heterocycles. The first-order valence-electron chi connectivity index (χ1n) is 7.50. The van der Waals surface area contributed by atoms with Crippen LogP contribution in [0.5, 0.6) is 5.88 Å². The summed E-state index contributed by atoms with van der Waals surface area (Å²) < 4.78 is 5.07. The van der Waals surface area contributed by atoms with Crippen molar-refractivity contribution in [3.05, 3.63) is 65.3 Å². The number of ether oxygens (including phenoxy) is 1. The second-order valence-corrected chi connectivity index (χ2v) is 6.03. The zero-order valence-corrected chi connectivity index (χ0v) is 14.0. The molecule has 122 valence electrons. The minimum Gasteiger partial charge on any atom is -0.481 e. The SMILES string of the molecule is COc1cc(CNC(=O)Cc2csc(-c3ccccc3)n2)ccn1. The molecule has 2 aromatic heterocycles. The van der Waals surface area contributed by atoms with Crippen LogP contribution in [0.4, 0.5) is 0 Å². The van der Waals surface area contributed by atoms with Gasteiger partial charge in [-0.25, -0.2) is 9.97 Å². The van der Waals surface area contributed by atoms with Gasteiger partial charge in [-0.3, -0.25) is 4.79 Å². The van der Waals surface area contributed by atoms with Crippen LogP contribution in [0.25, 0.3) is 10.6 Å². The molecule has 24 heavy (non-hydrogen) atoms. The van der Waals surface area contributed by atoms with Gasteiger partial charge in [-0.15, -0.1) is 11.3 Å². The van der Waals surface area contributed by atoms with E-state index in [1.54, 1.807) is 30.7 Å². The first-order chi connectivity index (χ1) is 11.7. The lowest BCUT2D eigenvalue weighted by molar-refractivity contribution is -0.120. The summed E-state index contributed by atoms with van der Waals surface area (Å²) in [6.07, 6.45) is 1.93. The molecule has 0 aliphatic rings. The monoisotopic (exact) mass is 339 g/mol. The third-order valence-electron chi connectivity index (χ3n) is 3.41. The van der Waals surface area contributed by atoms with Gasteiger partial charge < -0.3 is 10.1 Å². The molecule has 0 saturated carbocycles. The van der Waals surface area contributed by atoms with Crippen LogP contribution in [-0.2, 0) is 17.8 Å². The molecule has 0 radical (unpaired) electrons. The van der Waals surface area contributed by atoms with Crippen molar-refractivity contribution in [3.8, 4) is 16.5 Å². The number of amides is 1. The number of hydrogen-bond acceptors (Lipinski definition) is 5. The molecule has 3 rings (SSSR count). The largest absolute Gasteiger partial charge is 0.481 e. The molecule has 0 spiro atoms. The van der Waals surface area contributed by atoms with Crippen LogP contribution in [0.1, 0.15) is 11.3 Å². The Labute approximate surface area is 144 Å². The van der Waals surface area contributed by atoms with Gasteiger partial charge in [0.05, 0.1) is 19.2 Å². The van der Waals surface area contributed by atoms with E-state index in [-0.39, 0.29) is 12.3 Å². The summed E-state index contributed by atoms with van der Waals surface area (Å²) >= 11 is 1.55. The average Bonchev–Trinajstić information content (AvgIpc) is 3.09. The van der Waals surface area contributed by atoms with E-state index in [4.69, 9.17) is 4.74 Å². The van der Waals surface area contributed by atoms with Gasteiger partial charge in [0.25, 0.3) is 0 Å². The second-order valence-electron chi connectivity index (χ2n) is 5.17. The Morgan fingerprint density at radius 1 is 1.25 bits per heavy atom. The van der Waals surface area contributed by atoms with Gasteiger partial charge in [-0.05, 0) is 11.6 Å². The van der Waals surface area contributed by atoms with Crippen LogP contribution in [0.2, 0.25) is 0 Å². The van der Waals surface area contributed by atoms with Crippen molar-refractivity contribution in [1.82, 2.24) is 15.3 Å². The van der Waals surface area contributed by atoms with Gasteiger partial charge in [0.1, 0.15) is 5.01 Å². The Morgan fingerprint density at radius 3 is 2.88 bits per heavy atom. The quantitative estimate of drug-likeness (QED) is 0.750. The number of hydrogen-bond donors (Lipinski definition) is 1. The molecule has 1 aromatic carbocycles. The highest BCUT2D eigenvalue weighted by atomic mass is 32.1. The lowest BCUT2D eigenvalue weighted by atomic mass is 10.2. The molecule has 0 atom stereocenters. The van der Waals surface area contributed by atoms with Crippen molar-refractivity contribution < 1.29 is 9.53 Å². The summed E-state index contributed by atoms with van der Waals surface area (Å²) in [5.41, 5.74) is 2.79. The smallest absolute Gasteiger partial charge is 0.226 e. The van der Waals surface area contributed by atoms with Crippen molar-refractivity contribution in [2.24, 2.45) is 0 Å². The van der Waals surface area contributed by atoms with E-state index in [1.165, 1.54) is 0 Å². The van der Waals surface area contributed by atoms with Gasteiger partial charge in [0, 0.05) is 29.8 Å². The van der Waals surface area contributed by atoms with E-state index in [0.29, 0.717) is 12.4 Å². The molecule has 0 unspecified atom stereocenters. The normalized spacial score (nSPS) is 10.4. The highest BCUT2D eigenvalue weighted by Crippen LogP contribution is 2.23. The Bertz CT molecular complexity index is 818. The minimum atomic E-state index is -0.0595. The van der Waals surface area contributed by atoms with Crippen molar-refractivity contribution in [2.45, 2.75) is 13.0 Å². The number of carbonyl (C=O) groups excluding carboxylic acids is 1. The van der Waals surface area contributed by atoms with Crippen LogP contribution < -0.4 is 10.1 Å². The molecule has 2 heterocycles. The number of benzene rings is 1. The molecular formula is C18H17N3O2S. The summed E-state index contributed by atoms with van der Waals surface area (Å²) in [6.45, 7) is 0.438. The van der Waals surface area contributed by atoms with Crippen LogP contribution in [0.3, 0.4) is 0 Å². The van der Waals surface area contributed by atoms with Gasteiger partial charge in [-0.2, -0.15) is 0 Å². The van der Waals surface area contributed by atoms with Crippen molar-refractivity contribution in [1.29, 1.82) is 0 Å². The average molecular weight is 339 g/mol. The Morgan fingerprint density at radius 2 is 2.08 bits per heavy atom. The first-order valence-corrected chi connectivity index (χ1v) is 8.38. The summed E-state index contributed by atoms with van der Waals surface area (Å²) in [5, 5.41) is 5.75. The molecule has 6 heteroatoms. The molecule has 0 aliphatic carbocycles. The Kier molecular flexibility index (Phi) is 5.18. The number of pyridine rings is 1. The molecular weight excluding hydrogens is 322 g/mol. The lowest BCUT2D eigenvalue weighted by Crippen LogP contribution is -2.24. The van der Waals surface area contributed by atoms with E-state index in [9.17, 15) is 4.79 Å². The molecule has 1 N–H and O–H groups in total. The van der Waals surface area contributed by atoms with Crippen LogP contribution in [0.15, 0.2) is 54.0 Å². The zero-order chi connectivity index (χ0) is 16.8. The van der Waals surface area contributed by atoms with Crippen molar-refractivity contribution >= 4 is 17.2 Å². The fourth-order valence-electron chi connectivity index (χ4n) is 2.20. The molecule has 0 bridgehead atoms. The molecule has 0 fully saturated rings.